The third-order valence-corrected chi connectivity index (χ3v) is 5.39. The summed E-state index contributed by atoms with van der Waals surface area (Å²) in [6.07, 6.45) is 5.57. The van der Waals surface area contributed by atoms with Gasteiger partial charge in [0.1, 0.15) is 11.4 Å². The van der Waals surface area contributed by atoms with Gasteiger partial charge in [-0.2, -0.15) is 0 Å². The second-order valence-corrected chi connectivity index (χ2v) is 8.58. The predicted molar refractivity (Wildman–Crippen MR) is 91.8 cm³/mol. The largest absolute Gasteiger partial charge is 0.444 e. The van der Waals surface area contributed by atoms with Gasteiger partial charge in [0.05, 0.1) is 6.20 Å². The first-order valence-corrected chi connectivity index (χ1v) is 8.72. The lowest BCUT2D eigenvalue weighted by molar-refractivity contribution is 0.0173. The molecule has 0 N–H and O–H groups in total. The average Bonchev–Trinajstić information content (AvgIpc) is 2.92. The Morgan fingerprint density at radius 2 is 2.12 bits per heavy atom. The number of ether oxygens (including phenoxy) is 1. The van der Waals surface area contributed by atoms with Crippen LogP contribution in [-0.4, -0.2) is 34.8 Å². The third-order valence-electron chi connectivity index (χ3n) is 5.39. The first-order valence-electron chi connectivity index (χ1n) is 8.72. The highest BCUT2D eigenvalue weighted by molar-refractivity contribution is 5.69. The van der Waals surface area contributed by atoms with Crippen LogP contribution in [-0.2, 0) is 16.6 Å². The number of hydrogen-bond acceptors (Lipinski definition) is 4. The Kier molecular flexibility index (Phi) is 3.81. The molecule has 1 aliphatic heterocycles. The molecule has 1 aliphatic carbocycles. The standard InChI is InChI=1S/C19H28N2O3/c1-7-19(6)14-8-9-21(16(22)23-17(2,3)4)12-18(14,5)10-13-11-20-24-15(13)19/h8,11H,7,9-10,12H2,1-6H3/t18-,19?/m0/s1. The fourth-order valence-electron chi connectivity index (χ4n) is 4.26. The van der Waals surface area contributed by atoms with Crippen LogP contribution in [0.15, 0.2) is 22.4 Å². The van der Waals surface area contributed by atoms with Crippen molar-refractivity contribution in [3.05, 3.63) is 29.2 Å². The van der Waals surface area contributed by atoms with E-state index in [0.29, 0.717) is 13.1 Å². The van der Waals surface area contributed by atoms with Crippen LogP contribution in [0.1, 0.15) is 59.3 Å². The lowest BCUT2D eigenvalue weighted by Gasteiger charge is -2.50. The maximum absolute atomic E-state index is 12.5. The van der Waals surface area contributed by atoms with E-state index in [1.807, 2.05) is 31.9 Å². The summed E-state index contributed by atoms with van der Waals surface area (Å²) in [6, 6.07) is 0. The summed E-state index contributed by atoms with van der Waals surface area (Å²) in [4.78, 5) is 14.3. The van der Waals surface area contributed by atoms with Crippen molar-refractivity contribution in [1.29, 1.82) is 0 Å². The summed E-state index contributed by atoms with van der Waals surface area (Å²) in [7, 11) is 0. The van der Waals surface area contributed by atoms with Gasteiger partial charge in [0, 0.05) is 29.5 Å². The number of amides is 1. The summed E-state index contributed by atoms with van der Waals surface area (Å²) >= 11 is 0. The lowest BCUT2D eigenvalue weighted by Crippen LogP contribution is -2.52. The van der Waals surface area contributed by atoms with E-state index in [-0.39, 0.29) is 16.9 Å². The van der Waals surface area contributed by atoms with Crippen LogP contribution >= 0.6 is 0 Å². The molecule has 3 rings (SSSR count). The van der Waals surface area contributed by atoms with Crippen LogP contribution in [0.5, 0.6) is 0 Å². The number of nitrogens with zero attached hydrogens (tertiary/aromatic N) is 2. The van der Waals surface area contributed by atoms with Gasteiger partial charge in [-0.15, -0.1) is 0 Å². The molecule has 0 saturated carbocycles. The molecule has 2 aliphatic rings. The van der Waals surface area contributed by atoms with Gasteiger partial charge in [-0.25, -0.2) is 4.79 Å². The molecular formula is C19H28N2O3. The van der Waals surface area contributed by atoms with Crippen molar-refractivity contribution in [1.82, 2.24) is 10.1 Å². The van der Waals surface area contributed by atoms with E-state index in [2.05, 4.69) is 32.0 Å². The van der Waals surface area contributed by atoms with Crippen molar-refractivity contribution in [3.63, 3.8) is 0 Å². The van der Waals surface area contributed by atoms with Gasteiger partial charge in [-0.05, 0) is 40.5 Å². The number of carbonyl (C=O) groups excluding carboxylic acids is 1. The number of carbonyl (C=O) groups is 1. The molecule has 24 heavy (non-hydrogen) atoms. The van der Waals surface area contributed by atoms with Gasteiger partial charge in [-0.3, -0.25) is 0 Å². The van der Waals surface area contributed by atoms with Crippen LogP contribution in [0.25, 0.3) is 0 Å². The molecular weight excluding hydrogens is 304 g/mol. The van der Waals surface area contributed by atoms with Crippen molar-refractivity contribution in [2.24, 2.45) is 5.41 Å². The lowest BCUT2D eigenvalue weighted by atomic mass is 9.57. The van der Waals surface area contributed by atoms with Crippen molar-refractivity contribution in [3.8, 4) is 0 Å². The molecule has 0 radical (unpaired) electrons. The maximum Gasteiger partial charge on any atom is 0.410 e. The molecule has 1 amide bonds. The van der Waals surface area contributed by atoms with E-state index in [9.17, 15) is 4.79 Å². The minimum Gasteiger partial charge on any atom is -0.444 e. The zero-order valence-electron chi connectivity index (χ0n) is 15.6. The molecule has 1 aromatic rings. The van der Waals surface area contributed by atoms with Gasteiger partial charge in [0.15, 0.2) is 0 Å². The van der Waals surface area contributed by atoms with Crippen LogP contribution in [0.3, 0.4) is 0 Å². The van der Waals surface area contributed by atoms with Gasteiger partial charge < -0.3 is 14.2 Å². The SMILES string of the molecule is CCC1(C)C2=CCN(C(=O)OC(C)(C)C)C[C@]2(C)Cc2cnoc21. The fraction of sp³-hybridized carbons (Fsp3) is 0.684. The minimum atomic E-state index is -0.478. The molecule has 1 aromatic heterocycles. The Hall–Kier alpha value is -1.78. The van der Waals surface area contributed by atoms with E-state index in [1.54, 1.807) is 0 Å². The van der Waals surface area contributed by atoms with Crippen LogP contribution in [0, 0.1) is 5.41 Å². The number of fused-ring (bicyclic) bond motifs is 2. The minimum absolute atomic E-state index is 0.113. The topological polar surface area (TPSA) is 55.6 Å². The van der Waals surface area contributed by atoms with Gasteiger partial charge in [0.25, 0.3) is 0 Å². The van der Waals surface area contributed by atoms with Gasteiger partial charge >= 0.3 is 6.09 Å². The van der Waals surface area contributed by atoms with Crippen LogP contribution in [0.4, 0.5) is 4.79 Å². The Bertz CT molecular complexity index is 685. The van der Waals surface area contributed by atoms with Crippen molar-refractivity contribution in [2.75, 3.05) is 13.1 Å². The summed E-state index contributed by atoms with van der Waals surface area (Å²) in [6.45, 7) is 13.6. The Morgan fingerprint density at radius 1 is 1.42 bits per heavy atom. The highest BCUT2D eigenvalue weighted by Crippen LogP contribution is 2.53. The predicted octanol–water partition coefficient (Wildman–Crippen LogP) is 4.08. The van der Waals surface area contributed by atoms with Crippen LogP contribution < -0.4 is 0 Å². The quantitative estimate of drug-likeness (QED) is 0.727. The molecule has 0 fully saturated rings. The average molecular weight is 332 g/mol. The smallest absolute Gasteiger partial charge is 0.410 e. The highest BCUT2D eigenvalue weighted by Gasteiger charge is 2.51. The number of aromatic nitrogens is 1. The van der Waals surface area contributed by atoms with E-state index in [0.717, 1.165) is 24.2 Å². The summed E-state index contributed by atoms with van der Waals surface area (Å²) in [5.41, 5.74) is 1.78. The summed E-state index contributed by atoms with van der Waals surface area (Å²) in [5.74, 6) is 0.986. The number of hydrogen-bond donors (Lipinski definition) is 0. The Balaban J connectivity index is 1.94. The van der Waals surface area contributed by atoms with Gasteiger partial charge in [0.2, 0.25) is 0 Å². The molecule has 1 unspecified atom stereocenters. The second-order valence-electron chi connectivity index (χ2n) is 8.58. The summed E-state index contributed by atoms with van der Waals surface area (Å²) in [5, 5.41) is 4.03. The van der Waals surface area contributed by atoms with E-state index >= 15 is 0 Å². The first-order chi connectivity index (χ1) is 11.1. The zero-order valence-corrected chi connectivity index (χ0v) is 15.6. The molecule has 5 nitrogen and oxygen atoms in total. The zero-order chi connectivity index (χ0) is 17.8. The molecule has 5 heteroatoms. The monoisotopic (exact) mass is 332 g/mol. The van der Waals surface area contributed by atoms with Gasteiger partial charge in [-0.1, -0.05) is 30.7 Å². The van der Waals surface area contributed by atoms with E-state index in [4.69, 9.17) is 9.26 Å². The maximum atomic E-state index is 12.5. The van der Waals surface area contributed by atoms with Crippen molar-refractivity contribution >= 4 is 6.09 Å². The fourth-order valence-corrected chi connectivity index (χ4v) is 4.26. The molecule has 2 heterocycles. The molecule has 2 atom stereocenters. The molecule has 0 saturated heterocycles. The normalized spacial score (nSPS) is 29.6. The highest BCUT2D eigenvalue weighted by atomic mass is 16.6. The van der Waals surface area contributed by atoms with E-state index < -0.39 is 5.60 Å². The summed E-state index contributed by atoms with van der Waals surface area (Å²) < 4.78 is 11.2. The first kappa shape index (κ1) is 17.1. The molecule has 0 spiro atoms. The molecule has 0 bridgehead atoms. The Morgan fingerprint density at radius 3 is 2.75 bits per heavy atom. The molecule has 132 valence electrons. The number of rotatable bonds is 1. The van der Waals surface area contributed by atoms with Crippen LogP contribution in [0.2, 0.25) is 0 Å². The van der Waals surface area contributed by atoms with Crippen molar-refractivity contribution < 1.29 is 14.1 Å². The molecule has 0 aromatic carbocycles. The van der Waals surface area contributed by atoms with Crippen molar-refractivity contribution in [2.45, 2.75) is 65.4 Å². The Labute approximate surface area is 144 Å². The van der Waals surface area contributed by atoms with E-state index in [1.165, 1.54) is 5.57 Å². The second kappa shape index (κ2) is 5.36. The third kappa shape index (κ3) is 2.64.